The van der Waals surface area contributed by atoms with Gasteiger partial charge < -0.3 is 20.5 Å². The van der Waals surface area contributed by atoms with Crippen LogP contribution in [0.15, 0.2) is 24.4 Å². The highest BCUT2D eigenvalue weighted by Crippen LogP contribution is 2.36. The number of ether oxygens (including phenoxy) is 1. The Morgan fingerprint density at radius 2 is 1.94 bits per heavy atom. The lowest BCUT2D eigenvalue weighted by Gasteiger charge is -2.20. The summed E-state index contributed by atoms with van der Waals surface area (Å²) in [7, 11) is 0. The quantitative estimate of drug-likeness (QED) is 0.197. The van der Waals surface area contributed by atoms with Crippen LogP contribution in [0.3, 0.4) is 0 Å². The van der Waals surface area contributed by atoms with Gasteiger partial charge >= 0.3 is 11.7 Å². The average Bonchev–Trinajstić information content (AvgIpc) is 2.74. The van der Waals surface area contributed by atoms with Crippen LogP contribution in [-0.2, 0) is 14.3 Å². The maximum atomic E-state index is 12.4. The molecular weight excluding hydrogens is 503 g/mol. The Balaban J connectivity index is 2.15. The lowest BCUT2D eigenvalue weighted by Crippen LogP contribution is -2.39. The van der Waals surface area contributed by atoms with Crippen molar-refractivity contribution >= 4 is 58.3 Å². The number of aromatic nitrogens is 1. The van der Waals surface area contributed by atoms with Gasteiger partial charge in [-0.3, -0.25) is 24.5 Å². The number of pyridine rings is 1. The molecule has 0 spiro atoms. The summed E-state index contributed by atoms with van der Waals surface area (Å²) in [6.07, 6.45) is 0.656. The average molecular weight is 520 g/mol. The van der Waals surface area contributed by atoms with Gasteiger partial charge in [0, 0.05) is 22.8 Å². The molecule has 0 aliphatic heterocycles. The molecule has 1 atom stereocenters. The van der Waals surface area contributed by atoms with Crippen molar-refractivity contribution in [1.29, 1.82) is 0 Å². The number of hydrogen-bond acceptors (Lipinski definition) is 8. The first-order chi connectivity index (χ1) is 15.5. The van der Waals surface area contributed by atoms with Crippen LogP contribution in [0, 0.1) is 10.1 Å². The monoisotopic (exact) mass is 518 g/mol. The summed E-state index contributed by atoms with van der Waals surface area (Å²) in [5.41, 5.74) is -0.699. The third kappa shape index (κ3) is 7.17. The molecule has 0 radical (unpaired) electrons. The topological polar surface area (TPSA) is 161 Å². The molecule has 0 unspecified atom stereocenters. The molecule has 1 aromatic carbocycles. The Morgan fingerprint density at radius 3 is 2.58 bits per heavy atom. The number of nitrogens with zero attached hydrogens (tertiary/aromatic N) is 2. The largest absolute Gasteiger partial charge is 0.506 e. The van der Waals surface area contributed by atoms with Crippen molar-refractivity contribution in [3.63, 3.8) is 0 Å². The zero-order chi connectivity index (χ0) is 24.7. The molecule has 0 saturated heterocycles. The Bertz CT molecular complexity index is 1100. The summed E-state index contributed by atoms with van der Waals surface area (Å²) in [4.78, 5) is 50.4. The lowest BCUT2D eigenvalue weighted by atomic mass is 10.0. The zero-order valence-corrected chi connectivity index (χ0v) is 19.2. The predicted octanol–water partition coefficient (Wildman–Crippen LogP) is 3.20. The highest BCUT2D eigenvalue weighted by molar-refractivity contribution is 6.35. The first kappa shape index (κ1) is 26.1. The molecule has 1 heterocycles. The normalized spacial score (nSPS) is 11.4. The van der Waals surface area contributed by atoms with Crippen LogP contribution < -0.4 is 10.6 Å². The van der Waals surface area contributed by atoms with Gasteiger partial charge in [-0.1, -0.05) is 34.8 Å². The van der Waals surface area contributed by atoms with Crippen molar-refractivity contribution in [1.82, 2.24) is 15.6 Å². The molecule has 2 aromatic rings. The van der Waals surface area contributed by atoms with Crippen molar-refractivity contribution in [2.24, 2.45) is 0 Å². The molecule has 14 heteroatoms. The van der Waals surface area contributed by atoms with Gasteiger partial charge in [0.15, 0.2) is 0 Å². The third-order valence-electron chi connectivity index (χ3n) is 4.13. The maximum Gasteiger partial charge on any atom is 0.308 e. The maximum absolute atomic E-state index is 12.4. The molecule has 2 amide bonds. The molecular formula is C19H17Cl3N4O7. The predicted molar refractivity (Wildman–Crippen MR) is 118 cm³/mol. The van der Waals surface area contributed by atoms with E-state index in [1.54, 1.807) is 6.92 Å². The van der Waals surface area contributed by atoms with Gasteiger partial charge in [0.1, 0.15) is 5.75 Å². The number of carbonyl (C=O) groups excluding carboxylic acids is 3. The lowest BCUT2D eigenvalue weighted by molar-refractivity contribution is -0.385. The highest BCUT2D eigenvalue weighted by atomic mass is 35.5. The van der Waals surface area contributed by atoms with E-state index < -0.39 is 46.1 Å². The fourth-order valence-electron chi connectivity index (χ4n) is 2.67. The van der Waals surface area contributed by atoms with E-state index in [1.165, 1.54) is 12.1 Å². The number of phenolic OH excluding ortho intramolecular Hbond substituents is 1. The molecule has 0 saturated carbocycles. The standard InChI is InChI=1S/C19H17Cl3N4O7/c1-2-33-16(28)6-13(11-4-10(20)5-12(21)17(11)29)25-15(27)8-24-19(30)9-3-14(26(31)32)18(22)23-7-9/h3-5,7,13,29H,2,6,8H2,1H3,(H,24,30)(H,25,27)/t13-/m0/s1. The Morgan fingerprint density at radius 1 is 1.24 bits per heavy atom. The molecule has 11 nitrogen and oxygen atoms in total. The number of halogens is 3. The molecule has 176 valence electrons. The van der Waals surface area contributed by atoms with Gasteiger partial charge in [-0.15, -0.1) is 0 Å². The van der Waals surface area contributed by atoms with Gasteiger partial charge in [-0.2, -0.15) is 0 Å². The van der Waals surface area contributed by atoms with Crippen LogP contribution >= 0.6 is 34.8 Å². The number of esters is 1. The number of hydrogen-bond donors (Lipinski definition) is 3. The Labute approximate surface area is 202 Å². The van der Waals surface area contributed by atoms with Crippen molar-refractivity contribution in [2.75, 3.05) is 13.2 Å². The molecule has 0 bridgehead atoms. The fourth-order valence-corrected chi connectivity index (χ4v) is 3.36. The molecule has 0 fully saturated rings. The van der Waals surface area contributed by atoms with E-state index in [4.69, 9.17) is 39.5 Å². The summed E-state index contributed by atoms with van der Waals surface area (Å²) >= 11 is 17.5. The first-order valence-electron chi connectivity index (χ1n) is 9.24. The fraction of sp³-hybridized carbons (Fsp3) is 0.263. The smallest absolute Gasteiger partial charge is 0.308 e. The Hall–Kier alpha value is -3.15. The number of rotatable bonds is 9. The van der Waals surface area contributed by atoms with Crippen LogP contribution in [0.5, 0.6) is 5.75 Å². The summed E-state index contributed by atoms with van der Waals surface area (Å²) in [5.74, 6) is -2.63. The number of nitrogens with one attached hydrogen (secondary N) is 2. The van der Waals surface area contributed by atoms with Gasteiger partial charge in [-0.05, 0) is 19.1 Å². The second kappa shape index (κ2) is 11.6. The summed E-state index contributed by atoms with van der Waals surface area (Å²) in [6.45, 7) is 1.13. The molecule has 33 heavy (non-hydrogen) atoms. The van der Waals surface area contributed by atoms with Gasteiger partial charge in [-0.25, -0.2) is 4.98 Å². The van der Waals surface area contributed by atoms with E-state index >= 15 is 0 Å². The summed E-state index contributed by atoms with van der Waals surface area (Å²) in [6, 6.07) is 2.44. The third-order valence-corrected chi connectivity index (χ3v) is 4.93. The number of benzene rings is 1. The van der Waals surface area contributed by atoms with Gasteiger partial charge in [0.25, 0.3) is 5.91 Å². The van der Waals surface area contributed by atoms with E-state index in [-0.39, 0.29) is 39.9 Å². The summed E-state index contributed by atoms with van der Waals surface area (Å²) < 4.78 is 4.89. The van der Waals surface area contributed by atoms with Crippen LogP contribution in [0.25, 0.3) is 0 Å². The number of amides is 2. The summed E-state index contributed by atoms with van der Waals surface area (Å²) in [5, 5.41) is 25.6. The van der Waals surface area contributed by atoms with E-state index in [0.29, 0.717) is 0 Å². The zero-order valence-electron chi connectivity index (χ0n) is 16.9. The van der Waals surface area contributed by atoms with E-state index in [2.05, 4.69) is 15.6 Å². The van der Waals surface area contributed by atoms with Crippen LogP contribution in [0.2, 0.25) is 15.2 Å². The van der Waals surface area contributed by atoms with E-state index in [0.717, 1.165) is 12.3 Å². The van der Waals surface area contributed by atoms with Crippen molar-refractivity contribution in [2.45, 2.75) is 19.4 Å². The molecule has 1 aromatic heterocycles. The van der Waals surface area contributed by atoms with Gasteiger partial charge in [0.2, 0.25) is 11.1 Å². The first-order valence-corrected chi connectivity index (χ1v) is 10.4. The number of phenols is 1. The molecule has 2 rings (SSSR count). The number of nitro groups is 1. The molecule has 0 aliphatic rings. The van der Waals surface area contributed by atoms with Crippen molar-refractivity contribution in [3.05, 3.63) is 60.8 Å². The van der Waals surface area contributed by atoms with Crippen molar-refractivity contribution < 1.29 is 29.2 Å². The SMILES string of the molecule is CCOC(=O)C[C@H](NC(=O)CNC(=O)c1cnc(Cl)c([N+](=O)[O-])c1)c1cc(Cl)cc(Cl)c1O. The van der Waals surface area contributed by atoms with E-state index in [1.807, 2.05) is 0 Å². The van der Waals surface area contributed by atoms with Crippen LogP contribution in [-0.4, -0.2) is 45.9 Å². The van der Waals surface area contributed by atoms with Crippen LogP contribution in [0.4, 0.5) is 5.69 Å². The number of carbonyl (C=O) groups is 3. The molecule has 0 aliphatic carbocycles. The molecule has 3 N–H and O–H groups in total. The minimum atomic E-state index is -1.08. The second-order valence-corrected chi connectivity index (χ2v) is 7.63. The second-order valence-electron chi connectivity index (χ2n) is 6.43. The van der Waals surface area contributed by atoms with E-state index in [9.17, 15) is 29.6 Å². The van der Waals surface area contributed by atoms with Crippen molar-refractivity contribution in [3.8, 4) is 5.75 Å². The number of aromatic hydroxyl groups is 1. The highest BCUT2D eigenvalue weighted by Gasteiger charge is 2.24. The minimum Gasteiger partial charge on any atom is -0.506 e. The van der Waals surface area contributed by atoms with Gasteiger partial charge in [0.05, 0.1) is 41.1 Å². The van der Waals surface area contributed by atoms with Crippen LogP contribution in [0.1, 0.15) is 35.3 Å². The Kier molecular flexibility index (Phi) is 9.21. The minimum absolute atomic E-state index is 0.0674.